The van der Waals surface area contributed by atoms with Crippen LogP contribution in [0.4, 0.5) is 0 Å². The minimum absolute atomic E-state index is 0.342. The zero-order valence-corrected chi connectivity index (χ0v) is 8.26. The lowest BCUT2D eigenvalue weighted by molar-refractivity contribution is 0.0844. The van der Waals surface area contributed by atoms with E-state index in [0.29, 0.717) is 5.92 Å². The first-order chi connectivity index (χ1) is 6.88. The van der Waals surface area contributed by atoms with Gasteiger partial charge in [0.05, 0.1) is 12.3 Å². The summed E-state index contributed by atoms with van der Waals surface area (Å²) >= 11 is 0. The number of aliphatic hydroxyl groups is 1. The van der Waals surface area contributed by atoms with Gasteiger partial charge in [-0.3, -0.25) is 0 Å². The number of hydrogen-bond acceptors (Lipinski definition) is 3. The first kappa shape index (κ1) is 9.59. The summed E-state index contributed by atoms with van der Waals surface area (Å²) in [7, 11) is 0. The predicted octanol–water partition coefficient (Wildman–Crippen LogP) is 2.09. The van der Waals surface area contributed by atoms with Crippen LogP contribution in [0.1, 0.15) is 43.8 Å². The van der Waals surface area contributed by atoms with Crippen LogP contribution >= 0.6 is 0 Å². The van der Waals surface area contributed by atoms with Crippen LogP contribution in [-0.4, -0.2) is 15.3 Å². The Bertz CT molecular complexity index is 270. The molecule has 0 aromatic carbocycles. The van der Waals surface area contributed by atoms with Gasteiger partial charge in [0.2, 0.25) is 0 Å². The van der Waals surface area contributed by atoms with Gasteiger partial charge < -0.3 is 5.11 Å². The van der Waals surface area contributed by atoms with Crippen LogP contribution in [0.25, 0.3) is 0 Å². The zero-order valence-electron chi connectivity index (χ0n) is 8.26. The van der Waals surface area contributed by atoms with Crippen LogP contribution in [0.3, 0.4) is 0 Å². The van der Waals surface area contributed by atoms with Crippen molar-refractivity contribution in [3.8, 4) is 0 Å². The van der Waals surface area contributed by atoms with Crippen molar-refractivity contribution in [1.29, 1.82) is 0 Å². The van der Waals surface area contributed by atoms with Crippen molar-refractivity contribution in [3.05, 3.63) is 24.0 Å². The Morgan fingerprint density at radius 2 is 2.00 bits per heavy atom. The largest absolute Gasteiger partial charge is 0.388 e. The molecule has 1 aromatic heterocycles. The summed E-state index contributed by atoms with van der Waals surface area (Å²) in [5, 5.41) is 17.6. The minimum atomic E-state index is -0.342. The molecule has 0 radical (unpaired) electrons. The van der Waals surface area contributed by atoms with Gasteiger partial charge in [-0.15, -0.1) is 0 Å². The lowest BCUT2D eigenvalue weighted by atomic mass is 9.83. The Hall–Kier alpha value is -0.960. The van der Waals surface area contributed by atoms with E-state index in [0.717, 1.165) is 18.4 Å². The zero-order chi connectivity index (χ0) is 9.80. The molecule has 0 bridgehead atoms. The summed E-state index contributed by atoms with van der Waals surface area (Å²) in [6.07, 6.45) is 9.07. The van der Waals surface area contributed by atoms with Gasteiger partial charge in [0.25, 0.3) is 0 Å². The Morgan fingerprint density at radius 1 is 1.21 bits per heavy atom. The Balaban J connectivity index is 2.03. The lowest BCUT2D eigenvalue weighted by Gasteiger charge is -2.26. The molecule has 1 unspecified atom stereocenters. The predicted molar refractivity (Wildman–Crippen MR) is 53.6 cm³/mol. The molecule has 0 saturated heterocycles. The molecule has 3 heteroatoms. The second-order valence-electron chi connectivity index (χ2n) is 4.02. The minimum Gasteiger partial charge on any atom is -0.388 e. The van der Waals surface area contributed by atoms with E-state index in [1.54, 1.807) is 12.4 Å². The summed E-state index contributed by atoms with van der Waals surface area (Å²) < 4.78 is 0. The molecule has 2 rings (SSSR count). The fraction of sp³-hybridized carbons (Fsp3) is 0.636. The topological polar surface area (TPSA) is 46.0 Å². The number of rotatable bonds is 2. The highest BCUT2D eigenvalue weighted by Gasteiger charge is 2.22. The molecule has 1 aliphatic rings. The second-order valence-corrected chi connectivity index (χ2v) is 4.02. The summed E-state index contributed by atoms with van der Waals surface area (Å²) in [5.74, 6) is 0.424. The molecule has 76 valence electrons. The highest BCUT2D eigenvalue weighted by molar-refractivity contribution is 5.10. The van der Waals surface area contributed by atoms with Crippen molar-refractivity contribution in [1.82, 2.24) is 10.2 Å². The molecule has 1 atom stereocenters. The Labute approximate surface area is 84.2 Å². The van der Waals surface area contributed by atoms with E-state index in [1.807, 2.05) is 6.07 Å². The molecule has 0 amide bonds. The first-order valence-electron chi connectivity index (χ1n) is 5.32. The molecule has 0 aliphatic heterocycles. The molecule has 1 aromatic rings. The van der Waals surface area contributed by atoms with Gasteiger partial charge in [-0.05, 0) is 24.8 Å². The molecular weight excluding hydrogens is 176 g/mol. The van der Waals surface area contributed by atoms with Crippen molar-refractivity contribution in [3.63, 3.8) is 0 Å². The fourth-order valence-electron chi connectivity index (χ4n) is 2.20. The van der Waals surface area contributed by atoms with Gasteiger partial charge in [0, 0.05) is 11.8 Å². The van der Waals surface area contributed by atoms with Gasteiger partial charge in [0.15, 0.2) is 0 Å². The SMILES string of the molecule is OC(c1ccnnc1)C1CCCCC1. The number of nitrogens with zero attached hydrogens (tertiary/aromatic N) is 2. The smallest absolute Gasteiger partial charge is 0.0834 e. The number of aliphatic hydroxyl groups excluding tert-OH is 1. The van der Waals surface area contributed by atoms with Gasteiger partial charge in [-0.25, -0.2) is 0 Å². The van der Waals surface area contributed by atoms with E-state index in [2.05, 4.69) is 10.2 Å². The molecule has 1 fully saturated rings. The Kier molecular flexibility index (Phi) is 3.09. The van der Waals surface area contributed by atoms with E-state index in [1.165, 1.54) is 19.3 Å². The molecule has 0 spiro atoms. The highest BCUT2D eigenvalue weighted by Crippen LogP contribution is 2.33. The molecule has 14 heavy (non-hydrogen) atoms. The maximum Gasteiger partial charge on any atom is 0.0834 e. The highest BCUT2D eigenvalue weighted by atomic mass is 16.3. The first-order valence-corrected chi connectivity index (χ1v) is 5.32. The van der Waals surface area contributed by atoms with E-state index in [-0.39, 0.29) is 6.10 Å². The molecular formula is C11H16N2O. The van der Waals surface area contributed by atoms with Crippen LogP contribution in [0.15, 0.2) is 18.5 Å². The normalized spacial score (nSPS) is 20.6. The van der Waals surface area contributed by atoms with Crippen molar-refractivity contribution < 1.29 is 5.11 Å². The third-order valence-electron chi connectivity index (χ3n) is 3.04. The van der Waals surface area contributed by atoms with E-state index in [9.17, 15) is 5.11 Å². The van der Waals surface area contributed by atoms with Gasteiger partial charge in [0.1, 0.15) is 0 Å². The second kappa shape index (κ2) is 4.51. The summed E-state index contributed by atoms with van der Waals surface area (Å²) in [5.41, 5.74) is 0.909. The van der Waals surface area contributed by atoms with E-state index >= 15 is 0 Å². The maximum absolute atomic E-state index is 10.1. The molecule has 1 heterocycles. The standard InChI is InChI=1S/C11H16N2O/c14-11(9-4-2-1-3-5-9)10-6-7-12-13-8-10/h6-9,11,14H,1-5H2. The summed E-state index contributed by atoms with van der Waals surface area (Å²) in [6.45, 7) is 0. The summed E-state index contributed by atoms with van der Waals surface area (Å²) in [4.78, 5) is 0. The third-order valence-corrected chi connectivity index (χ3v) is 3.04. The third kappa shape index (κ3) is 2.10. The van der Waals surface area contributed by atoms with Gasteiger partial charge in [-0.1, -0.05) is 19.3 Å². The maximum atomic E-state index is 10.1. The average Bonchev–Trinajstić information content (AvgIpc) is 2.30. The molecule has 1 N–H and O–H groups in total. The molecule has 1 saturated carbocycles. The number of hydrogen-bond donors (Lipinski definition) is 1. The van der Waals surface area contributed by atoms with Crippen LogP contribution in [0.2, 0.25) is 0 Å². The monoisotopic (exact) mass is 192 g/mol. The van der Waals surface area contributed by atoms with Crippen molar-refractivity contribution in [2.24, 2.45) is 5.92 Å². The van der Waals surface area contributed by atoms with Crippen LogP contribution in [0, 0.1) is 5.92 Å². The van der Waals surface area contributed by atoms with Gasteiger partial charge in [-0.2, -0.15) is 10.2 Å². The van der Waals surface area contributed by atoms with Crippen molar-refractivity contribution >= 4 is 0 Å². The van der Waals surface area contributed by atoms with Crippen LogP contribution < -0.4 is 0 Å². The van der Waals surface area contributed by atoms with E-state index < -0.39 is 0 Å². The van der Waals surface area contributed by atoms with Gasteiger partial charge >= 0.3 is 0 Å². The molecule has 1 aliphatic carbocycles. The lowest BCUT2D eigenvalue weighted by Crippen LogP contribution is -2.16. The van der Waals surface area contributed by atoms with Crippen molar-refractivity contribution in [2.45, 2.75) is 38.2 Å². The number of aromatic nitrogens is 2. The fourth-order valence-corrected chi connectivity index (χ4v) is 2.20. The average molecular weight is 192 g/mol. The van der Waals surface area contributed by atoms with Crippen LogP contribution in [0.5, 0.6) is 0 Å². The Morgan fingerprint density at radius 3 is 2.64 bits per heavy atom. The quantitative estimate of drug-likeness (QED) is 0.780. The van der Waals surface area contributed by atoms with Crippen LogP contribution in [-0.2, 0) is 0 Å². The molecule has 3 nitrogen and oxygen atoms in total. The van der Waals surface area contributed by atoms with E-state index in [4.69, 9.17) is 0 Å². The van der Waals surface area contributed by atoms with Crippen molar-refractivity contribution in [2.75, 3.05) is 0 Å². The summed E-state index contributed by atoms with van der Waals surface area (Å²) in [6, 6.07) is 1.85.